The third kappa shape index (κ3) is 2.19. The van der Waals surface area contributed by atoms with E-state index in [4.69, 9.17) is 4.74 Å². The van der Waals surface area contributed by atoms with E-state index >= 15 is 0 Å². The summed E-state index contributed by atoms with van der Waals surface area (Å²) in [5.74, 6) is 0.748. The van der Waals surface area contributed by atoms with Gasteiger partial charge in [-0.05, 0) is 36.8 Å². The summed E-state index contributed by atoms with van der Waals surface area (Å²) in [5.41, 5.74) is 2.45. The molecule has 5 nitrogen and oxygen atoms in total. The Morgan fingerprint density at radius 3 is 3.05 bits per heavy atom. The minimum atomic E-state index is -0.160. The van der Waals surface area contributed by atoms with Crippen molar-refractivity contribution < 1.29 is 9.53 Å². The van der Waals surface area contributed by atoms with E-state index in [0.717, 1.165) is 23.4 Å². The molecule has 1 N–H and O–H groups in total. The van der Waals surface area contributed by atoms with Gasteiger partial charge in [-0.3, -0.25) is 9.48 Å². The topological polar surface area (TPSA) is 56.2 Å². The van der Waals surface area contributed by atoms with Gasteiger partial charge >= 0.3 is 0 Å². The summed E-state index contributed by atoms with van der Waals surface area (Å²) in [6, 6.07) is 7.41. The lowest BCUT2D eigenvalue weighted by Gasteiger charge is -2.07. The number of benzene rings is 1. The maximum absolute atomic E-state index is 12.1. The SMILES string of the molecule is CC1Cc2cc(NC(=O)c3ccnn3C)ccc2O1. The molecule has 19 heavy (non-hydrogen) atoms. The van der Waals surface area contributed by atoms with Crippen molar-refractivity contribution >= 4 is 11.6 Å². The lowest BCUT2D eigenvalue weighted by Crippen LogP contribution is -2.16. The maximum atomic E-state index is 12.1. The summed E-state index contributed by atoms with van der Waals surface area (Å²) in [6.45, 7) is 2.04. The van der Waals surface area contributed by atoms with Crippen molar-refractivity contribution in [2.24, 2.45) is 7.05 Å². The third-order valence-corrected chi connectivity index (χ3v) is 3.21. The molecule has 1 aliphatic rings. The van der Waals surface area contributed by atoms with E-state index in [1.54, 1.807) is 24.0 Å². The summed E-state index contributed by atoms with van der Waals surface area (Å²) < 4.78 is 7.18. The van der Waals surface area contributed by atoms with Gasteiger partial charge in [0.15, 0.2) is 0 Å². The molecule has 5 heteroatoms. The number of hydrogen-bond acceptors (Lipinski definition) is 3. The predicted octanol–water partition coefficient (Wildman–Crippen LogP) is 2.00. The molecule has 98 valence electrons. The Morgan fingerprint density at radius 1 is 1.47 bits per heavy atom. The number of nitrogens with one attached hydrogen (secondary N) is 1. The van der Waals surface area contributed by atoms with E-state index in [1.807, 2.05) is 25.1 Å². The van der Waals surface area contributed by atoms with Crippen LogP contribution in [-0.2, 0) is 13.5 Å². The standard InChI is InChI=1S/C14H15N3O2/c1-9-7-10-8-11(3-4-13(10)19-9)16-14(18)12-5-6-15-17(12)2/h3-6,8-9H,7H2,1-2H3,(H,16,18). The molecule has 2 heterocycles. The normalized spacial score (nSPS) is 16.8. The Hall–Kier alpha value is -2.30. The first-order valence-electron chi connectivity index (χ1n) is 6.22. The minimum Gasteiger partial charge on any atom is -0.490 e. The molecule has 1 unspecified atom stereocenters. The van der Waals surface area contributed by atoms with Gasteiger partial charge in [-0.25, -0.2) is 0 Å². The second-order valence-electron chi connectivity index (χ2n) is 4.75. The van der Waals surface area contributed by atoms with Gasteiger partial charge in [0, 0.05) is 25.4 Å². The predicted molar refractivity (Wildman–Crippen MR) is 71.4 cm³/mol. The summed E-state index contributed by atoms with van der Waals surface area (Å²) >= 11 is 0. The number of nitrogens with zero attached hydrogens (tertiary/aromatic N) is 2. The lowest BCUT2D eigenvalue weighted by atomic mass is 10.1. The highest BCUT2D eigenvalue weighted by molar-refractivity contribution is 6.03. The molecular formula is C14H15N3O2. The van der Waals surface area contributed by atoms with Crippen LogP contribution in [0.15, 0.2) is 30.5 Å². The first-order valence-corrected chi connectivity index (χ1v) is 6.22. The Morgan fingerprint density at radius 2 is 2.32 bits per heavy atom. The molecule has 0 aliphatic carbocycles. The van der Waals surface area contributed by atoms with Crippen molar-refractivity contribution in [1.82, 2.24) is 9.78 Å². The molecule has 1 amide bonds. The molecule has 1 atom stereocenters. The van der Waals surface area contributed by atoms with Crippen LogP contribution in [0.1, 0.15) is 23.0 Å². The number of aromatic nitrogens is 2. The quantitative estimate of drug-likeness (QED) is 0.895. The fourth-order valence-corrected chi connectivity index (χ4v) is 2.29. The van der Waals surface area contributed by atoms with Crippen molar-refractivity contribution in [2.75, 3.05) is 5.32 Å². The fourth-order valence-electron chi connectivity index (χ4n) is 2.29. The van der Waals surface area contributed by atoms with Crippen LogP contribution in [-0.4, -0.2) is 21.8 Å². The number of aryl methyl sites for hydroxylation is 1. The van der Waals surface area contributed by atoms with Crippen molar-refractivity contribution in [3.8, 4) is 5.75 Å². The van der Waals surface area contributed by atoms with Crippen LogP contribution in [0.5, 0.6) is 5.75 Å². The largest absolute Gasteiger partial charge is 0.490 e. The van der Waals surface area contributed by atoms with Crippen LogP contribution in [0, 0.1) is 0 Å². The molecule has 2 aromatic rings. The number of amides is 1. The molecule has 0 spiro atoms. The number of hydrogen-bond donors (Lipinski definition) is 1. The Balaban J connectivity index is 1.80. The van der Waals surface area contributed by atoms with Crippen molar-refractivity contribution in [3.63, 3.8) is 0 Å². The van der Waals surface area contributed by atoms with E-state index in [9.17, 15) is 4.79 Å². The minimum absolute atomic E-state index is 0.160. The Labute approximate surface area is 111 Å². The number of anilines is 1. The van der Waals surface area contributed by atoms with Crippen LogP contribution in [0.2, 0.25) is 0 Å². The Kier molecular flexibility index (Phi) is 2.74. The molecule has 1 aliphatic heterocycles. The van der Waals surface area contributed by atoms with Crippen LogP contribution in [0.4, 0.5) is 5.69 Å². The molecule has 1 aromatic carbocycles. The van der Waals surface area contributed by atoms with Gasteiger partial charge in [0.1, 0.15) is 17.5 Å². The number of fused-ring (bicyclic) bond motifs is 1. The monoisotopic (exact) mass is 257 g/mol. The van der Waals surface area contributed by atoms with Gasteiger partial charge in [0.25, 0.3) is 5.91 Å². The molecular weight excluding hydrogens is 242 g/mol. The van der Waals surface area contributed by atoms with Crippen LogP contribution < -0.4 is 10.1 Å². The third-order valence-electron chi connectivity index (χ3n) is 3.21. The molecule has 3 rings (SSSR count). The zero-order valence-electron chi connectivity index (χ0n) is 10.9. The van der Waals surface area contributed by atoms with Gasteiger partial charge in [-0.15, -0.1) is 0 Å². The summed E-state index contributed by atoms with van der Waals surface area (Å²) in [5, 5.41) is 6.86. The number of carbonyl (C=O) groups is 1. The molecule has 0 fully saturated rings. The van der Waals surface area contributed by atoms with E-state index in [0.29, 0.717) is 5.69 Å². The van der Waals surface area contributed by atoms with E-state index in [-0.39, 0.29) is 12.0 Å². The van der Waals surface area contributed by atoms with E-state index in [2.05, 4.69) is 10.4 Å². The van der Waals surface area contributed by atoms with Gasteiger partial charge in [0.05, 0.1) is 0 Å². The molecule has 0 bridgehead atoms. The van der Waals surface area contributed by atoms with Gasteiger partial charge in [-0.1, -0.05) is 0 Å². The summed E-state index contributed by atoms with van der Waals surface area (Å²) in [4.78, 5) is 12.1. The van der Waals surface area contributed by atoms with E-state index in [1.165, 1.54) is 0 Å². The van der Waals surface area contributed by atoms with Gasteiger partial charge in [-0.2, -0.15) is 5.10 Å². The van der Waals surface area contributed by atoms with Crippen LogP contribution in [0.25, 0.3) is 0 Å². The first kappa shape index (κ1) is 11.8. The molecule has 0 saturated carbocycles. The average Bonchev–Trinajstić information content (AvgIpc) is 2.93. The number of rotatable bonds is 2. The second kappa shape index (κ2) is 4.42. The van der Waals surface area contributed by atoms with Crippen molar-refractivity contribution in [3.05, 3.63) is 41.7 Å². The lowest BCUT2D eigenvalue weighted by molar-refractivity contribution is 0.101. The van der Waals surface area contributed by atoms with Gasteiger partial charge < -0.3 is 10.1 Å². The highest BCUT2D eigenvalue weighted by Gasteiger charge is 2.19. The summed E-state index contributed by atoms with van der Waals surface area (Å²) in [7, 11) is 1.74. The highest BCUT2D eigenvalue weighted by atomic mass is 16.5. The zero-order chi connectivity index (χ0) is 13.4. The molecule has 0 radical (unpaired) electrons. The van der Waals surface area contributed by atoms with Crippen molar-refractivity contribution in [1.29, 1.82) is 0 Å². The van der Waals surface area contributed by atoms with E-state index < -0.39 is 0 Å². The summed E-state index contributed by atoms with van der Waals surface area (Å²) in [6.07, 6.45) is 2.69. The number of carbonyl (C=O) groups excluding carboxylic acids is 1. The maximum Gasteiger partial charge on any atom is 0.273 e. The van der Waals surface area contributed by atoms with Crippen LogP contribution in [0.3, 0.4) is 0 Å². The smallest absolute Gasteiger partial charge is 0.273 e. The van der Waals surface area contributed by atoms with Gasteiger partial charge in [0.2, 0.25) is 0 Å². The second-order valence-corrected chi connectivity index (χ2v) is 4.75. The van der Waals surface area contributed by atoms with Crippen LogP contribution >= 0.6 is 0 Å². The molecule has 0 saturated heterocycles. The first-order chi connectivity index (χ1) is 9.13. The Bertz CT molecular complexity index is 633. The fraction of sp³-hybridized carbons (Fsp3) is 0.286. The number of ether oxygens (including phenoxy) is 1. The highest BCUT2D eigenvalue weighted by Crippen LogP contribution is 2.31. The average molecular weight is 257 g/mol. The van der Waals surface area contributed by atoms with Crippen molar-refractivity contribution in [2.45, 2.75) is 19.4 Å². The zero-order valence-corrected chi connectivity index (χ0v) is 10.9. The molecule has 1 aromatic heterocycles.